The highest BCUT2D eigenvalue weighted by atomic mass is 19.4. The van der Waals surface area contributed by atoms with Gasteiger partial charge in [-0.2, -0.15) is 13.2 Å². The molecule has 0 radical (unpaired) electrons. The van der Waals surface area contributed by atoms with Crippen LogP contribution in [-0.2, 0) is 0 Å². The average Bonchev–Trinajstić information content (AvgIpc) is 2.28. The number of hydrogen-bond donors (Lipinski definition) is 1. The third-order valence-electron chi connectivity index (χ3n) is 2.69. The van der Waals surface area contributed by atoms with Gasteiger partial charge in [0, 0.05) is 19.1 Å². The lowest BCUT2D eigenvalue weighted by Gasteiger charge is -2.27. The van der Waals surface area contributed by atoms with Crippen molar-refractivity contribution in [2.45, 2.75) is 18.6 Å². The van der Waals surface area contributed by atoms with Crippen LogP contribution in [0.25, 0.3) is 0 Å². The molecule has 17 heavy (non-hydrogen) atoms. The van der Waals surface area contributed by atoms with Crippen LogP contribution in [0.3, 0.4) is 0 Å². The average molecular weight is 246 g/mol. The summed E-state index contributed by atoms with van der Waals surface area (Å²) in [5, 5.41) is 0. The van der Waals surface area contributed by atoms with Crippen molar-refractivity contribution in [3.05, 3.63) is 35.9 Å². The maximum absolute atomic E-state index is 12.1. The lowest BCUT2D eigenvalue weighted by atomic mass is 10.1. The number of nitrogens with two attached hydrogens (primary N) is 1. The second-order valence-corrected chi connectivity index (χ2v) is 4.01. The molecule has 1 unspecified atom stereocenters. The molecule has 2 nitrogen and oxygen atoms in total. The molecular weight excluding hydrogens is 229 g/mol. The third kappa shape index (κ3) is 4.75. The molecule has 0 aliphatic carbocycles. The molecular formula is C12H17F3N2. The Kier molecular flexibility index (Phi) is 4.96. The predicted octanol–water partition coefficient (Wildman–Crippen LogP) is 2.57. The number of alkyl halides is 3. The van der Waals surface area contributed by atoms with Gasteiger partial charge in [-0.15, -0.1) is 0 Å². The fraction of sp³-hybridized carbons (Fsp3) is 0.500. The van der Waals surface area contributed by atoms with E-state index in [1.165, 1.54) is 0 Å². The van der Waals surface area contributed by atoms with Crippen molar-refractivity contribution in [2.75, 3.05) is 20.1 Å². The minimum atomic E-state index is -4.12. The molecule has 0 spiro atoms. The van der Waals surface area contributed by atoms with Crippen molar-refractivity contribution in [1.82, 2.24) is 4.90 Å². The Morgan fingerprint density at radius 3 is 2.29 bits per heavy atom. The fourth-order valence-corrected chi connectivity index (χ4v) is 1.70. The summed E-state index contributed by atoms with van der Waals surface area (Å²) in [5.74, 6) is 0. The first-order valence-corrected chi connectivity index (χ1v) is 5.46. The van der Waals surface area contributed by atoms with Crippen LogP contribution >= 0.6 is 0 Å². The first-order valence-electron chi connectivity index (χ1n) is 5.46. The predicted molar refractivity (Wildman–Crippen MR) is 61.5 cm³/mol. The van der Waals surface area contributed by atoms with Crippen LogP contribution in [0.5, 0.6) is 0 Å². The minimum Gasteiger partial charge on any atom is -0.329 e. The van der Waals surface area contributed by atoms with E-state index in [1.807, 2.05) is 30.3 Å². The molecule has 0 fully saturated rings. The largest absolute Gasteiger partial charge is 0.390 e. The van der Waals surface area contributed by atoms with Crippen LogP contribution in [0.15, 0.2) is 30.3 Å². The Bertz CT molecular complexity index is 324. The van der Waals surface area contributed by atoms with E-state index in [1.54, 1.807) is 11.9 Å². The smallest absolute Gasteiger partial charge is 0.329 e. The van der Waals surface area contributed by atoms with E-state index < -0.39 is 12.6 Å². The van der Waals surface area contributed by atoms with E-state index in [0.717, 1.165) is 5.56 Å². The van der Waals surface area contributed by atoms with Gasteiger partial charge >= 0.3 is 6.18 Å². The van der Waals surface area contributed by atoms with Crippen molar-refractivity contribution in [3.8, 4) is 0 Å². The van der Waals surface area contributed by atoms with Gasteiger partial charge in [-0.1, -0.05) is 30.3 Å². The van der Waals surface area contributed by atoms with Crippen LogP contribution in [0.4, 0.5) is 13.2 Å². The van der Waals surface area contributed by atoms with Gasteiger partial charge in [0.15, 0.2) is 0 Å². The van der Waals surface area contributed by atoms with E-state index >= 15 is 0 Å². The molecule has 1 aromatic carbocycles. The highest BCUT2D eigenvalue weighted by Gasteiger charge is 2.28. The molecule has 0 aromatic heterocycles. The second-order valence-electron chi connectivity index (χ2n) is 4.01. The Morgan fingerprint density at radius 1 is 1.24 bits per heavy atom. The number of rotatable bonds is 5. The summed E-state index contributed by atoms with van der Waals surface area (Å²) >= 11 is 0. The summed E-state index contributed by atoms with van der Waals surface area (Å²) in [6.07, 6.45) is -4.93. The van der Waals surface area contributed by atoms with Gasteiger partial charge in [0.1, 0.15) is 0 Å². The van der Waals surface area contributed by atoms with Crippen molar-refractivity contribution in [1.29, 1.82) is 0 Å². The zero-order valence-electron chi connectivity index (χ0n) is 9.74. The highest BCUT2D eigenvalue weighted by Crippen LogP contribution is 2.23. The summed E-state index contributed by atoms with van der Waals surface area (Å²) < 4.78 is 36.4. The molecule has 0 saturated heterocycles. The molecule has 96 valence electrons. The van der Waals surface area contributed by atoms with E-state index in [0.29, 0.717) is 6.54 Å². The Labute approximate surface area is 99.2 Å². The molecule has 5 heteroatoms. The van der Waals surface area contributed by atoms with Gasteiger partial charge in [0.2, 0.25) is 0 Å². The van der Waals surface area contributed by atoms with Gasteiger partial charge in [0.25, 0.3) is 0 Å². The molecule has 2 N–H and O–H groups in total. The monoisotopic (exact) mass is 246 g/mol. The zero-order valence-corrected chi connectivity index (χ0v) is 9.74. The number of halogens is 3. The quantitative estimate of drug-likeness (QED) is 0.865. The number of hydrogen-bond acceptors (Lipinski definition) is 2. The lowest BCUT2D eigenvalue weighted by molar-refractivity contribution is -0.138. The molecule has 0 aliphatic rings. The molecule has 1 rings (SSSR count). The Hall–Kier alpha value is -1.07. The first-order chi connectivity index (χ1) is 7.94. The normalized spacial score (nSPS) is 14.0. The van der Waals surface area contributed by atoms with Crippen molar-refractivity contribution < 1.29 is 13.2 Å². The fourth-order valence-electron chi connectivity index (χ4n) is 1.70. The van der Waals surface area contributed by atoms with E-state index in [2.05, 4.69) is 0 Å². The standard InChI is InChI=1S/C12H17F3N2/c1-17(8-7-12(13,14)15)11(9-16)10-5-3-2-4-6-10/h2-6,11H,7-9,16H2,1H3. The van der Waals surface area contributed by atoms with Gasteiger partial charge < -0.3 is 5.73 Å². The number of likely N-dealkylation sites (N-methyl/N-ethyl adjacent to an activating group) is 1. The molecule has 0 saturated carbocycles. The summed E-state index contributed by atoms with van der Waals surface area (Å²) in [4.78, 5) is 1.64. The van der Waals surface area contributed by atoms with E-state index in [4.69, 9.17) is 5.73 Å². The molecule has 0 amide bonds. The molecule has 1 aromatic rings. The van der Waals surface area contributed by atoms with Gasteiger partial charge in [0.05, 0.1) is 6.42 Å². The maximum atomic E-state index is 12.1. The van der Waals surface area contributed by atoms with Crippen LogP contribution in [0.2, 0.25) is 0 Å². The van der Waals surface area contributed by atoms with Gasteiger partial charge in [-0.25, -0.2) is 0 Å². The first kappa shape index (κ1) is 14.0. The third-order valence-corrected chi connectivity index (χ3v) is 2.69. The van der Waals surface area contributed by atoms with Crippen molar-refractivity contribution in [2.24, 2.45) is 5.73 Å². The highest BCUT2D eigenvalue weighted by molar-refractivity contribution is 5.19. The van der Waals surface area contributed by atoms with Crippen LogP contribution in [-0.4, -0.2) is 31.2 Å². The Morgan fingerprint density at radius 2 is 1.82 bits per heavy atom. The van der Waals surface area contributed by atoms with E-state index in [9.17, 15) is 13.2 Å². The number of benzene rings is 1. The van der Waals surface area contributed by atoms with Crippen LogP contribution < -0.4 is 5.73 Å². The van der Waals surface area contributed by atoms with Crippen molar-refractivity contribution in [3.63, 3.8) is 0 Å². The van der Waals surface area contributed by atoms with E-state index in [-0.39, 0.29) is 12.6 Å². The maximum Gasteiger partial charge on any atom is 0.390 e. The SMILES string of the molecule is CN(CCC(F)(F)F)C(CN)c1ccccc1. The molecule has 1 atom stereocenters. The zero-order chi connectivity index (χ0) is 12.9. The summed E-state index contributed by atoms with van der Waals surface area (Å²) in [6.45, 7) is 0.263. The summed E-state index contributed by atoms with van der Waals surface area (Å²) in [7, 11) is 1.66. The molecule has 0 aliphatic heterocycles. The topological polar surface area (TPSA) is 29.3 Å². The van der Waals surface area contributed by atoms with Crippen LogP contribution in [0, 0.1) is 0 Å². The molecule has 0 bridgehead atoms. The Balaban J connectivity index is 2.62. The molecule has 0 heterocycles. The second kappa shape index (κ2) is 6.02. The summed E-state index contributed by atoms with van der Waals surface area (Å²) in [6, 6.07) is 9.17. The van der Waals surface area contributed by atoms with Crippen LogP contribution in [0.1, 0.15) is 18.0 Å². The lowest BCUT2D eigenvalue weighted by Crippen LogP contribution is -2.33. The minimum absolute atomic E-state index is 0.0414. The number of nitrogens with zero attached hydrogens (tertiary/aromatic N) is 1. The van der Waals surface area contributed by atoms with Crippen molar-refractivity contribution >= 4 is 0 Å². The van der Waals surface area contributed by atoms with Gasteiger partial charge in [-0.3, -0.25) is 4.90 Å². The summed E-state index contributed by atoms with van der Waals surface area (Å²) in [5.41, 5.74) is 6.57. The van der Waals surface area contributed by atoms with Gasteiger partial charge in [-0.05, 0) is 12.6 Å².